The molecule has 0 aliphatic heterocycles. The Labute approximate surface area is 152 Å². The third-order valence-corrected chi connectivity index (χ3v) is 4.72. The van der Waals surface area contributed by atoms with Crippen LogP contribution in [0.5, 0.6) is 0 Å². The molecule has 0 saturated carbocycles. The number of nitrogens with one attached hydrogen (secondary N) is 1. The predicted molar refractivity (Wildman–Crippen MR) is 105 cm³/mol. The first kappa shape index (κ1) is 17.9. The molecule has 1 aromatic heterocycles. The fourth-order valence-electron chi connectivity index (χ4n) is 3.28. The lowest BCUT2D eigenvalue weighted by atomic mass is 9.89. The fraction of sp³-hybridized carbons (Fsp3) is 0.273. The molecule has 0 aliphatic carbocycles. The maximum Gasteiger partial charge on any atom is 0.335 e. The maximum atomic E-state index is 12.7. The van der Waals surface area contributed by atoms with Crippen molar-refractivity contribution in [2.24, 2.45) is 0 Å². The summed E-state index contributed by atoms with van der Waals surface area (Å²) in [7, 11) is 0. The molecule has 0 saturated heterocycles. The lowest BCUT2D eigenvalue weighted by Gasteiger charge is -2.17. The molecule has 0 unspecified atom stereocenters. The van der Waals surface area contributed by atoms with Gasteiger partial charge in [-0.15, -0.1) is 0 Å². The molecule has 2 aromatic carbocycles. The van der Waals surface area contributed by atoms with Crippen molar-refractivity contribution in [2.75, 3.05) is 0 Å². The predicted octanol–water partition coefficient (Wildman–Crippen LogP) is 5.14. The molecule has 0 radical (unpaired) electrons. The van der Waals surface area contributed by atoms with Crippen LogP contribution in [0.1, 0.15) is 61.0 Å². The van der Waals surface area contributed by atoms with Crippen LogP contribution in [0.2, 0.25) is 0 Å². The highest BCUT2D eigenvalue weighted by molar-refractivity contribution is 5.88. The number of rotatable bonds is 4. The molecule has 26 heavy (non-hydrogen) atoms. The molecule has 0 amide bonds. The van der Waals surface area contributed by atoms with Crippen LogP contribution in [-0.2, 0) is 0 Å². The smallest absolute Gasteiger partial charge is 0.335 e. The van der Waals surface area contributed by atoms with E-state index in [2.05, 4.69) is 38.7 Å². The molecule has 4 heteroatoms. The Morgan fingerprint density at radius 1 is 0.923 bits per heavy atom. The number of hydrogen-bond acceptors (Lipinski definition) is 2. The fourth-order valence-corrected chi connectivity index (χ4v) is 3.28. The first-order chi connectivity index (χ1) is 12.3. The third kappa shape index (κ3) is 3.27. The monoisotopic (exact) mass is 349 g/mol. The van der Waals surface area contributed by atoms with Crippen LogP contribution < -0.4 is 5.43 Å². The summed E-state index contributed by atoms with van der Waals surface area (Å²) >= 11 is 0. The van der Waals surface area contributed by atoms with Crippen LogP contribution >= 0.6 is 0 Å². The first-order valence-corrected chi connectivity index (χ1v) is 8.82. The van der Waals surface area contributed by atoms with Gasteiger partial charge in [-0.2, -0.15) is 0 Å². The summed E-state index contributed by atoms with van der Waals surface area (Å²) in [6.45, 7) is 8.58. The molecular formula is C22H23NO3. The molecule has 0 aliphatic rings. The van der Waals surface area contributed by atoms with Crippen molar-refractivity contribution >= 4 is 16.9 Å². The van der Waals surface area contributed by atoms with E-state index in [4.69, 9.17) is 5.11 Å². The van der Waals surface area contributed by atoms with Crippen LogP contribution in [0.3, 0.4) is 0 Å². The number of fused-ring (bicyclic) bond motifs is 1. The molecule has 0 spiro atoms. The van der Waals surface area contributed by atoms with Crippen LogP contribution in [-0.4, -0.2) is 16.1 Å². The van der Waals surface area contributed by atoms with Crippen molar-refractivity contribution in [1.82, 2.24) is 4.98 Å². The minimum Gasteiger partial charge on any atom is -0.478 e. The Bertz CT molecular complexity index is 1030. The van der Waals surface area contributed by atoms with Gasteiger partial charge in [0.15, 0.2) is 5.43 Å². The molecule has 3 aromatic rings. The quantitative estimate of drug-likeness (QED) is 0.685. The average molecular weight is 349 g/mol. The van der Waals surface area contributed by atoms with Gasteiger partial charge in [-0.3, -0.25) is 4.79 Å². The van der Waals surface area contributed by atoms with Crippen molar-refractivity contribution in [2.45, 2.75) is 39.5 Å². The summed E-state index contributed by atoms with van der Waals surface area (Å²) in [6, 6.07) is 12.2. The lowest BCUT2D eigenvalue weighted by molar-refractivity contribution is 0.0697. The molecule has 0 bridgehead atoms. The van der Waals surface area contributed by atoms with Gasteiger partial charge in [-0.1, -0.05) is 39.8 Å². The molecule has 134 valence electrons. The van der Waals surface area contributed by atoms with E-state index in [1.54, 1.807) is 30.3 Å². The number of benzene rings is 2. The molecule has 3 rings (SSSR count). The second kappa shape index (κ2) is 6.79. The van der Waals surface area contributed by atoms with E-state index in [0.29, 0.717) is 22.9 Å². The number of hydrogen-bond donors (Lipinski definition) is 2. The number of aromatic carboxylic acids is 1. The van der Waals surface area contributed by atoms with Crippen LogP contribution in [0.15, 0.2) is 47.3 Å². The third-order valence-electron chi connectivity index (χ3n) is 4.72. The highest BCUT2D eigenvalue weighted by atomic mass is 16.4. The van der Waals surface area contributed by atoms with Gasteiger partial charge in [-0.05, 0) is 52.8 Å². The summed E-state index contributed by atoms with van der Waals surface area (Å²) in [5.74, 6) is -0.260. The molecular weight excluding hydrogens is 326 g/mol. The van der Waals surface area contributed by atoms with Gasteiger partial charge in [0, 0.05) is 17.1 Å². The van der Waals surface area contributed by atoms with E-state index < -0.39 is 5.97 Å². The van der Waals surface area contributed by atoms with E-state index in [0.717, 1.165) is 11.1 Å². The molecule has 0 fully saturated rings. The second-order valence-corrected chi connectivity index (χ2v) is 7.27. The number of carboxylic acid groups (broad SMARTS) is 1. The Balaban J connectivity index is 2.19. The normalized spacial score (nSPS) is 11.5. The summed E-state index contributed by atoms with van der Waals surface area (Å²) in [4.78, 5) is 27.0. The summed E-state index contributed by atoms with van der Waals surface area (Å²) < 4.78 is 0. The van der Waals surface area contributed by atoms with E-state index in [1.807, 2.05) is 6.07 Å². The number of H-pyrrole nitrogens is 1. The van der Waals surface area contributed by atoms with Crippen LogP contribution in [0, 0.1) is 0 Å². The van der Waals surface area contributed by atoms with E-state index >= 15 is 0 Å². The van der Waals surface area contributed by atoms with Gasteiger partial charge in [0.1, 0.15) is 0 Å². The largest absolute Gasteiger partial charge is 0.478 e. The van der Waals surface area contributed by atoms with Crippen molar-refractivity contribution in [3.8, 4) is 11.3 Å². The Hall–Kier alpha value is -2.88. The standard InChI is InChI=1S/C22H23NO3/c1-12(2)16-9-18-20(10-17(16)13(3)4)23-19(11-21(18)24)14-5-7-15(8-6-14)22(25)26/h5-13H,1-4H3,(H,23,24)(H,25,26). The Morgan fingerprint density at radius 2 is 1.50 bits per heavy atom. The Kier molecular flexibility index (Phi) is 4.68. The van der Waals surface area contributed by atoms with Crippen LogP contribution in [0.4, 0.5) is 0 Å². The van der Waals surface area contributed by atoms with Gasteiger partial charge in [0.05, 0.1) is 11.1 Å². The highest BCUT2D eigenvalue weighted by Crippen LogP contribution is 2.30. The first-order valence-electron chi connectivity index (χ1n) is 8.82. The second-order valence-electron chi connectivity index (χ2n) is 7.27. The van der Waals surface area contributed by atoms with Gasteiger partial charge in [0.25, 0.3) is 0 Å². The number of carbonyl (C=O) groups is 1. The van der Waals surface area contributed by atoms with E-state index in [1.165, 1.54) is 11.1 Å². The van der Waals surface area contributed by atoms with Crippen molar-refractivity contribution < 1.29 is 9.90 Å². The number of carboxylic acids is 1. The van der Waals surface area contributed by atoms with Crippen LogP contribution in [0.25, 0.3) is 22.2 Å². The van der Waals surface area contributed by atoms with Gasteiger partial charge < -0.3 is 10.1 Å². The number of aromatic nitrogens is 1. The van der Waals surface area contributed by atoms with Gasteiger partial charge >= 0.3 is 5.97 Å². The Morgan fingerprint density at radius 3 is 2.04 bits per heavy atom. The van der Waals surface area contributed by atoms with Crippen molar-refractivity contribution in [1.29, 1.82) is 0 Å². The number of aromatic amines is 1. The number of pyridine rings is 1. The SMILES string of the molecule is CC(C)c1cc2[nH]c(-c3ccc(C(=O)O)cc3)cc(=O)c2cc1C(C)C. The summed E-state index contributed by atoms with van der Waals surface area (Å²) in [6.07, 6.45) is 0. The molecule has 0 atom stereocenters. The zero-order chi connectivity index (χ0) is 19.0. The van der Waals surface area contributed by atoms with E-state index in [-0.39, 0.29) is 11.0 Å². The average Bonchev–Trinajstić information content (AvgIpc) is 2.60. The van der Waals surface area contributed by atoms with Gasteiger partial charge in [-0.25, -0.2) is 4.79 Å². The minimum atomic E-state index is -0.966. The summed E-state index contributed by atoms with van der Waals surface area (Å²) in [5.41, 5.74) is 4.91. The molecule has 4 nitrogen and oxygen atoms in total. The zero-order valence-electron chi connectivity index (χ0n) is 15.5. The minimum absolute atomic E-state index is 0.0340. The molecule has 1 heterocycles. The maximum absolute atomic E-state index is 12.7. The van der Waals surface area contributed by atoms with Gasteiger partial charge in [0.2, 0.25) is 0 Å². The van der Waals surface area contributed by atoms with Crippen molar-refractivity contribution in [3.05, 3.63) is 69.4 Å². The lowest BCUT2D eigenvalue weighted by Crippen LogP contribution is -2.07. The highest BCUT2D eigenvalue weighted by Gasteiger charge is 2.14. The van der Waals surface area contributed by atoms with E-state index in [9.17, 15) is 9.59 Å². The zero-order valence-corrected chi connectivity index (χ0v) is 15.5. The van der Waals surface area contributed by atoms with Crippen molar-refractivity contribution in [3.63, 3.8) is 0 Å². The molecule has 2 N–H and O–H groups in total. The topological polar surface area (TPSA) is 70.2 Å². The summed E-state index contributed by atoms with van der Waals surface area (Å²) in [5, 5.41) is 9.71.